The van der Waals surface area contributed by atoms with Gasteiger partial charge in [0.25, 0.3) is 0 Å². The molecule has 1 heterocycles. The largest absolute Gasteiger partial charge is 0.361 e. The summed E-state index contributed by atoms with van der Waals surface area (Å²) in [5, 5.41) is 0. The average Bonchev–Trinajstić information content (AvgIpc) is 2.15. The van der Waals surface area contributed by atoms with E-state index >= 15 is 0 Å². The summed E-state index contributed by atoms with van der Waals surface area (Å²) in [6.45, 7) is 9.17. The van der Waals surface area contributed by atoms with Gasteiger partial charge in [0.05, 0.1) is 0 Å². The summed E-state index contributed by atoms with van der Waals surface area (Å²) in [6, 6.07) is 0. The van der Waals surface area contributed by atoms with Gasteiger partial charge >= 0.3 is 11.8 Å². The van der Waals surface area contributed by atoms with Crippen molar-refractivity contribution in [2.45, 2.75) is 26.3 Å². The smallest absolute Gasteiger partial charge is 0.311 e. The van der Waals surface area contributed by atoms with Crippen molar-refractivity contribution in [2.24, 2.45) is 5.73 Å². The average molecular weight is 213 g/mol. The SMILES string of the molecule is CC(C)(C)N1CCN(C(=O)C(N)=O)CC1. The molecule has 1 aliphatic rings. The second kappa shape index (κ2) is 4.18. The van der Waals surface area contributed by atoms with Gasteiger partial charge in [0.15, 0.2) is 0 Å². The highest BCUT2D eigenvalue weighted by molar-refractivity contribution is 6.34. The molecule has 0 aliphatic carbocycles. The zero-order chi connectivity index (χ0) is 11.6. The number of primary amides is 1. The first-order chi connectivity index (χ1) is 6.82. The van der Waals surface area contributed by atoms with E-state index in [9.17, 15) is 9.59 Å². The second-order valence-electron chi connectivity index (χ2n) is 4.81. The fourth-order valence-electron chi connectivity index (χ4n) is 1.74. The summed E-state index contributed by atoms with van der Waals surface area (Å²) in [4.78, 5) is 25.8. The number of carbonyl (C=O) groups excluding carboxylic acids is 2. The van der Waals surface area contributed by atoms with E-state index in [2.05, 4.69) is 25.7 Å². The molecule has 1 saturated heterocycles. The lowest BCUT2D eigenvalue weighted by Gasteiger charge is -2.41. The van der Waals surface area contributed by atoms with Gasteiger partial charge in [-0.05, 0) is 20.8 Å². The van der Waals surface area contributed by atoms with Crippen LogP contribution >= 0.6 is 0 Å². The highest BCUT2D eigenvalue weighted by atomic mass is 16.2. The molecule has 0 radical (unpaired) electrons. The van der Waals surface area contributed by atoms with Crippen LogP contribution in [0.4, 0.5) is 0 Å². The molecule has 0 unspecified atom stereocenters. The van der Waals surface area contributed by atoms with Gasteiger partial charge in [-0.25, -0.2) is 0 Å². The van der Waals surface area contributed by atoms with Crippen LogP contribution in [-0.4, -0.2) is 53.3 Å². The quantitative estimate of drug-likeness (QED) is 0.547. The van der Waals surface area contributed by atoms with Crippen molar-refractivity contribution in [3.05, 3.63) is 0 Å². The molecule has 0 bridgehead atoms. The number of hydrogen-bond acceptors (Lipinski definition) is 3. The predicted octanol–water partition coefficient (Wildman–Crippen LogP) is -0.586. The van der Waals surface area contributed by atoms with Gasteiger partial charge in [-0.3, -0.25) is 14.5 Å². The van der Waals surface area contributed by atoms with Crippen molar-refractivity contribution in [1.82, 2.24) is 9.80 Å². The summed E-state index contributed by atoms with van der Waals surface area (Å²) in [5.74, 6) is -1.43. The molecule has 0 saturated carbocycles. The molecule has 1 aliphatic heterocycles. The van der Waals surface area contributed by atoms with Gasteiger partial charge in [-0.2, -0.15) is 0 Å². The van der Waals surface area contributed by atoms with Crippen LogP contribution in [0.5, 0.6) is 0 Å². The van der Waals surface area contributed by atoms with Crippen LogP contribution in [0.1, 0.15) is 20.8 Å². The van der Waals surface area contributed by atoms with Crippen LogP contribution in [0.25, 0.3) is 0 Å². The van der Waals surface area contributed by atoms with E-state index in [0.717, 1.165) is 13.1 Å². The third-order valence-corrected chi connectivity index (χ3v) is 2.73. The molecule has 2 N–H and O–H groups in total. The van der Waals surface area contributed by atoms with Gasteiger partial charge in [0.1, 0.15) is 0 Å². The molecule has 2 amide bonds. The minimum Gasteiger partial charge on any atom is -0.361 e. The first kappa shape index (κ1) is 12.0. The maximum atomic E-state index is 11.3. The second-order valence-corrected chi connectivity index (χ2v) is 4.81. The van der Waals surface area contributed by atoms with Gasteiger partial charge < -0.3 is 10.6 Å². The maximum absolute atomic E-state index is 11.3. The van der Waals surface area contributed by atoms with Crippen molar-refractivity contribution in [3.63, 3.8) is 0 Å². The Morgan fingerprint density at radius 2 is 1.53 bits per heavy atom. The Bertz CT molecular complexity index is 262. The van der Waals surface area contributed by atoms with Gasteiger partial charge in [-0.1, -0.05) is 0 Å². The van der Waals surface area contributed by atoms with Crippen molar-refractivity contribution in [3.8, 4) is 0 Å². The zero-order valence-corrected chi connectivity index (χ0v) is 9.62. The highest BCUT2D eigenvalue weighted by Gasteiger charge is 2.29. The third-order valence-electron chi connectivity index (χ3n) is 2.73. The van der Waals surface area contributed by atoms with E-state index in [1.165, 1.54) is 4.90 Å². The van der Waals surface area contributed by atoms with Crippen molar-refractivity contribution in [1.29, 1.82) is 0 Å². The molecule has 0 aromatic rings. The van der Waals surface area contributed by atoms with Crippen molar-refractivity contribution < 1.29 is 9.59 Å². The summed E-state index contributed by atoms with van der Waals surface area (Å²) < 4.78 is 0. The van der Waals surface area contributed by atoms with E-state index in [1.54, 1.807) is 0 Å². The molecule has 0 aromatic carbocycles. The van der Waals surface area contributed by atoms with Crippen LogP contribution in [0.15, 0.2) is 0 Å². The Balaban J connectivity index is 2.50. The molecule has 86 valence electrons. The Labute approximate surface area is 90.2 Å². The lowest BCUT2D eigenvalue weighted by atomic mass is 10.1. The molecule has 15 heavy (non-hydrogen) atoms. The third kappa shape index (κ3) is 2.92. The number of rotatable bonds is 0. The fourth-order valence-corrected chi connectivity index (χ4v) is 1.74. The summed E-state index contributed by atoms with van der Waals surface area (Å²) in [6.07, 6.45) is 0. The molecule has 0 atom stereocenters. The normalized spacial score (nSPS) is 19.0. The minimum absolute atomic E-state index is 0.113. The molecular weight excluding hydrogens is 194 g/mol. The van der Waals surface area contributed by atoms with Crippen molar-refractivity contribution >= 4 is 11.8 Å². The Morgan fingerprint density at radius 1 is 1.07 bits per heavy atom. The minimum atomic E-state index is -0.862. The van der Waals surface area contributed by atoms with Crippen molar-refractivity contribution in [2.75, 3.05) is 26.2 Å². The standard InChI is InChI=1S/C10H19N3O2/c1-10(2,3)13-6-4-12(5-7-13)9(15)8(11)14/h4-7H2,1-3H3,(H2,11,14). The van der Waals surface area contributed by atoms with E-state index in [-0.39, 0.29) is 5.54 Å². The van der Waals surface area contributed by atoms with Crippen LogP contribution < -0.4 is 5.73 Å². The molecular formula is C10H19N3O2. The van der Waals surface area contributed by atoms with Crippen LogP contribution in [0.2, 0.25) is 0 Å². The van der Waals surface area contributed by atoms with Crippen LogP contribution in [0.3, 0.4) is 0 Å². The van der Waals surface area contributed by atoms with Gasteiger partial charge in [0.2, 0.25) is 0 Å². The van der Waals surface area contributed by atoms with Gasteiger partial charge in [0, 0.05) is 31.7 Å². The first-order valence-electron chi connectivity index (χ1n) is 5.16. The summed E-state index contributed by atoms with van der Waals surface area (Å²) >= 11 is 0. The number of piperazine rings is 1. The lowest BCUT2D eigenvalue weighted by molar-refractivity contribution is -0.145. The Hall–Kier alpha value is -1.10. The Kier molecular flexibility index (Phi) is 3.34. The Morgan fingerprint density at radius 3 is 1.87 bits per heavy atom. The fraction of sp³-hybridized carbons (Fsp3) is 0.800. The molecule has 0 spiro atoms. The zero-order valence-electron chi connectivity index (χ0n) is 9.62. The number of hydrogen-bond donors (Lipinski definition) is 1. The molecule has 0 aromatic heterocycles. The van der Waals surface area contributed by atoms with Gasteiger partial charge in [-0.15, -0.1) is 0 Å². The van der Waals surface area contributed by atoms with E-state index in [4.69, 9.17) is 5.73 Å². The van der Waals surface area contributed by atoms with Crippen LogP contribution in [-0.2, 0) is 9.59 Å². The number of carbonyl (C=O) groups is 2. The number of amides is 2. The number of nitrogens with zero attached hydrogens (tertiary/aromatic N) is 2. The first-order valence-corrected chi connectivity index (χ1v) is 5.16. The van der Waals surface area contributed by atoms with E-state index in [0.29, 0.717) is 13.1 Å². The molecule has 1 fully saturated rings. The lowest BCUT2D eigenvalue weighted by Crippen LogP contribution is -2.56. The van der Waals surface area contributed by atoms with E-state index < -0.39 is 11.8 Å². The van der Waals surface area contributed by atoms with E-state index in [1.807, 2.05) is 0 Å². The molecule has 5 nitrogen and oxygen atoms in total. The number of nitrogens with two attached hydrogens (primary N) is 1. The predicted molar refractivity (Wildman–Crippen MR) is 57.1 cm³/mol. The summed E-state index contributed by atoms with van der Waals surface area (Å²) in [5.41, 5.74) is 5.06. The summed E-state index contributed by atoms with van der Waals surface area (Å²) in [7, 11) is 0. The highest BCUT2D eigenvalue weighted by Crippen LogP contribution is 2.15. The molecule has 5 heteroatoms. The van der Waals surface area contributed by atoms with Crippen LogP contribution in [0, 0.1) is 0 Å². The topological polar surface area (TPSA) is 66.6 Å². The molecule has 1 rings (SSSR count). The monoisotopic (exact) mass is 213 g/mol. The maximum Gasteiger partial charge on any atom is 0.311 e.